The number of carboxylic acids is 1. The molecule has 60 heavy (non-hydrogen) atoms. The zero-order valence-electron chi connectivity index (χ0n) is 34.5. The minimum Gasteiger partial charge on any atom is -0.506 e. The fourth-order valence-electron chi connectivity index (χ4n) is 13.9. The summed E-state index contributed by atoms with van der Waals surface area (Å²) in [5.74, 6) is -0.930. The van der Waals surface area contributed by atoms with Crippen LogP contribution in [0.15, 0.2) is 18.2 Å². The molecular weight excluding hydrogens is 813 g/mol. The summed E-state index contributed by atoms with van der Waals surface area (Å²) in [5.41, 5.74) is 6.25. The lowest BCUT2D eigenvalue weighted by Crippen LogP contribution is -2.77. The van der Waals surface area contributed by atoms with Gasteiger partial charge in [-0.2, -0.15) is 0 Å². The lowest BCUT2D eigenvalue weighted by molar-refractivity contribution is -0.323. The molecule has 4 heterocycles. The number of carbonyl (C=O) groups excluding carboxylic acids is 1. The molecule has 4 spiro atoms. The van der Waals surface area contributed by atoms with Crippen LogP contribution in [0.25, 0.3) is 10.8 Å². The molecule has 0 radical (unpaired) electrons. The van der Waals surface area contributed by atoms with Crippen LogP contribution in [-0.2, 0) is 14.2 Å². The smallest absolute Gasteiger partial charge is 0.335 e. The Labute approximate surface area is 358 Å². The molecule has 11 atom stereocenters. The molecule has 16 heteroatoms. The van der Waals surface area contributed by atoms with Gasteiger partial charge >= 0.3 is 5.97 Å². The molecule has 330 valence electrons. The standard InChI is InChI=1S/C44H60N2O12S2/c1-24-12-26-13-27(38(53)54)14-29(33(26)34(50)32(24)25(2)49)57-39-35(51)37(52)44(31(17-48)58-39)10-9-43-20-42(19-40(6-3-4-7-40)16-30(42)45-46-43)15-28-18-55-21-41(36(28)43,8-5-11-47)22-59-60-23-56-44/h12-14,28,30-31,35-37,39,45-48,50-52H,3-11,15-23H2,1-2H3,(H,53,54). The Bertz CT molecular complexity index is 2000. The summed E-state index contributed by atoms with van der Waals surface area (Å²) in [6.45, 7) is 3.70. The number of ketones is 1. The third-order valence-electron chi connectivity index (χ3n) is 16.0. The average molecular weight is 873 g/mol. The van der Waals surface area contributed by atoms with Gasteiger partial charge in [0.15, 0.2) is 5.78 Å². The number of hydrogen-bond donors (Lipinski definition) is 8. The predicted molar refractivity (Wildman–Crippen MR) is 225 cm³/mol. The largest absolute Gasteiger partial charge is 0.506 e. The van der Waals surface area contributed by atoms with Crippen LogP contribution < -0.4 is 15.6 Å². The van der Waals surface area contributed by atoms with Crippen LogP contribution in [0, 0.1) is 35.0 Å². The normalized spacial score (nSPS) is 39.9. The highest BCUT2D eigenvalue weighted by atomic mass is 33.1. The van der Waals surface area contributed by atoms with E-state index in [2.05, 4.69) is 10.9 Å². The second-order valence-electron chi connectivity index (χ2n) is 19.4. The van der Waals surface area contributed by atoms with Gasteiger partial charge in [0.2, 0.25) is 6.29 Å². The summed E-state index contributed by atoms with van der Waals surface area (Å²) in [7, 11) is 3.17. The van der Waals surface area contributed by atoms with Crippen molar-refractivity contribution in [1.29, 1.82) is 0 Å². The van der Waals surface area contributed by atoms with Gasteiger partial charge in [-0.1, -0.05) is 40.5 Å². The minimum atomic E-state index is -1.74. The molecule has 14 nitrogen and oxygen atoms in total. The maximum absolute atomic E-state index is 12.6. The van der Waals surface area contributed by atoms with Gasteiger partial charge < -0.3 is 49.6 Å². The first kappa shape index (κ1) is 43.1. The Morgan fingerprint density at radius 2 is 1.83 bits per heavy atom. The fourth-order valence-corrected chi connectivity index (χ4v) is 16.2. The van der Waals surface area contributed by atoms with Crippen molar-refractivity contribution < 1.29 is 59.2 Å². The number of carboxylic acid groups (broad SMARTS) is 1. The van der Waals surface area contributed by atoms with E-state index in [1.165, 1.54) is 62.0 Å². The number of aryl methyl sites for hydroxylation is 1. The molecular formula is C44H60N2O12S2. The van der Waals surface area contributed by atoms with Crippen LogP contribution >= 0.6 is 21.6 Å². The zero-order valence-corrected chi connectivity index (χ0v) is 36.1. The van der Waals surface area contributed by atoms with E-state index >= 15 is 0 Å². The number of benzene rings is 2. The van der Waals surface area contributed by atoms with Crippen molar-refractivity contribution in [3.8, 4) is 11.5 Å². The lowest BCUT2D eigenvalue weighted by atomic mass is 9.46. The number of fused-ring (bicyclic) bond motifs is 1. The van der Waals surface area contributed by atoms with Crippen molar-refractivity contribution in [3.05, 3.63) is 34.9 Å². The van der Waals surface area contributed by atoms with E-state index in [9.17, 15) is 40.2 Å². The Morgan fingerprint density at radius 3 is 2.57 bits per heavy atom. The van der Waals surface area contributed by atoms with Gasteiger partial charge in [-0.05, 0) is 124 Å². The van der Waals surface area contributed by atoms with Crippen molar-refractivity contribution in [2.45, 2.75) is 133 Å². The summed E-state index contributed by atoms with van der Waals surface area (Å²) in [6, 6.07) is 4.45. The lowest BCUT2D eigenvalue weighted by Gasteiger charge is -2.67. The molecule has 0 aromatic heterocycles. The zero-order chi connectivity index (χ0) is 42.2. The molecule has 0 amide bonds. The van der Waals surface area contributed by atoms with Crippen molar-refractivity contribution in [3.63, 3.8) is 0 Å². The van der Waals surface area contributed by atoms with Crippen molar-refractivity contribution in [2.24, 2.45) is 28.1 Å². The van der Waals surface area contributed by atoms with Crippen LogP contribution in [0.3, 0.4) is 0 Å². The van der Waals surface area contributed by atoms with Gasteiger partial charge in [0.1, 0.15) is 41.4 Å². The van der Waals surface area contributed by atoms with E-state index in [0.717, 1.165) is 31.4 Å². The maximum atomic E-state index is 12.6. The van der Waals surface area contributed by atoms with Crippen molar-refractivity contribution in [1.82, 2.24) is 10.9 Å². The van der Waals surface area contributed by atoms with Crippen LogP contribution in [-0.4, -0.2) is 122 Å². The highest BCUT2D eigenvalue weighted by molar-refractivity contribution is 8.76. The number of hydrogen-bond acceptors (Lipinski definition) is 15. The molecule has 8 N–H and O–H groups in total. The monoisotopic (exact) mass is 872 g/mol. The predicted octanol–water partition coefficient (Wildman–Crippen LogP) is 4.83. The highest BCUT2D eigenvalue weighted by Gasteiger charge is 2.70. The van der Waals surface area contributed by atoms with Crippen LogP contribution in [0.1, 0.15) is 110 Å². The topological polar surface area (TPSA) is 216 Å². The number of hydrazine groups is 1. The molecule has 7 aliphatic rings. The van der Waals surface area contributed by atoms with Crippen molar-refractivity contribution in [2.75, 3.05) is 38.1 Å². The van der Waals surface area contributed by atoms with Crippen LogP contribution in [0.5, 0.6) is 11.5 Å². The van der Waals surface area contributed by atoms with E-state index in [-0.39, 0.29) is 69.3 Å². The minimum absolute atomic E-state index is 0.0399. The molecule has 2 bridgehead atoms. The molecule has 2 aromatic carbocycles. The second-order valence-corrected chi connectivity index (χ2v) is 21.8. The first-order valence-electron chi connectivity index (χ1n) is 21.7. The molecule has 3 saturated carbocycles. The summed E-state index contributed by atoms with van der Waals surface area (Å²) in [6.07, 6.45) is 5.38. The van der Waals surface area contributed by atoms with E-state index in [1.807, 2.05) is 0 Å². The highest BCUT2D eigenvalue weighted by Crippen LogP contribution is 2.69. The quantitative estimate of drug-likeness (QED) is 0.132. The van der Waals surface area contributed by atoms with Gasteiger partial charge in [0.05, 0.1) is 29.7 Å². The molecule has 2 aromatic rings. The third-order valence-corrected chi connectivity index (χ3v) is 18.2. The fraction of sp³-hybridized carbons (Fsp3) is 0.727. The molecule has 3 aliphatic carbocycles. The molecule has 7 fully saturated rings. The number of aromatic carboxylic acids is 1. The third kappa shape index (κ3) is 6.90. The number of Topliss-reactive ketones (excluding diaryl/α,β-unsaturated/α-hetero) is 1. The van der Waals surface area contributed by atoms with E-state index in [1.54, 1.807) is 23.8 Å². The summed E-state index contributed by atoms with van der Waals surface area (Å²) in [4.78, 5) is 24.9. The molecule has 9 rings (SSSR count). The maximum Gasteiger partial charge on any atom is 0.335 e. The summed E-state index contributed by atoms with van der Waals surface area (Å²) >= 11 is 0. The number of carbonyl (C=O) groups is 2. The van der Waals surface area contributed by atoms with Gasteiger partial charge in [-0.3, -0.25) is 15.6 Å². The van der Waals surface area contributed by atoms with Crippen molar-refractivity contribution >= 4 is 44.1 Å². The molecule has 4 aliphatic heterocycles. The molecule has 4 saturated heterocycles. The van der Waals surface area contributed by atoms with Gasteiger partial charge in [-0.15, -0.1) is 0 Å². The van der Waals surface area contributed by atoms with Gasteiger partial charge in [0.25, 0.3) is 0 Å². The number of ether oxygens (including phenoxy) is 4. The van der Waals surface area contributed by atoms with Gasteiger partial charge in [0, 0.05) is 36.0 Å². The number of aromatic hydroxyl groups is 1. The first-order chi connectivity index (χ1) is 28.7. The SMILES string of the molecule is CC(=O)c1c(C)cc2cc(C(=O)O)cc(OC3OC(CO)C4(CCC56CC7(CC8COCC(CCCO)(CSSCO4)C85)CC4(CCCC4)CC7NN6)C(O)C3O)c2c1O. The summed E-state index contributed by atoms with van der Waals surface area (Å²) < 4.78 is 25.9. The van der Waals surface area contributed by atoms with Gasteiger partial charge in [-0.25, -0.2) is 4.79 Å². The number of aliphatic hydroxyl groups excluding tert-OH is 4. The number of aliphatic hydroxyl groups is 4. The number of nitrogens with one attached hydrogen (secondary N) is 2. The Balaban J connectivity index is 1.08. The van der Waals surface area contributed by atoms with Crippen LogP contribution in [0.4, 0.5) is 0 Å². The second kappa shape index (κ2) is 16.1. The van der Waals surface area contributed by atoms with E-state index in [0.29, 0.717) is 43.1 Å². The number of phenolic OH excluding ortho intramolecular Hbond substituents is 1. The first-order valence-corrected chi connectivity index (χ1v) is 24.2. The Hall–Kier alpha value is -2.22. The van der Waals surface area contributed by atoms with Crippen LogP contribution in [0.2, 0.25) is 0 Å². The summed E-state index contributed by atoms with van der Waals surface area (Å²) in [5, 5.41) is 67.4. The number of phenols is 1. The average Bonchev–Trinajstić information content (AvgIpc) is 3.78. The van der Waals surface area contributed by atoms with E-state index in [4.69, 9.17) is 18.9 Å². The molecule has 11 unspecified atom stereocenters. The Kier molecular flexibility index (Phi) is 11.5. The Morgan fingerprint density at radius 1 is 1.03 bits per heavy atom. The van der Waals surface area contributed by atoms with E-state index < -0.39 is 59.9 Å². The number of rotatable bonds is 8.